The number of carbonyl (C=O) groups is 2. The van der Waals surface area contributed by atoms with Crippen LogP contribution in [-0.4, -0.2) is 41.6 Å². The molecule has 0 aromatic heterocycles. The number of hydrogen-bond acceptors (Lipinski definition) is 3. The van der Waals surface area contributed by atoms with Crippen molar-refractivity contribution in [1.82, 2.24) is 4.90 Å². The Morgan fingerprint density at radius 3 is 2.52 bits per heavy atom. The van der Waals surface area contributed by atoms with E-state index in [1.165, 1.54) is 4.90 Å². The lowest BCUT2D eigenvalue weighted by Gasteiger charge is -2.21. The molecule has 1 N–H and O–H groups in total. The van der Waals surface area contributed by atoms with E-state index in [1.807, 2.05) is 6.92 Å². The van der Waals surface area contributed by atoms with Crippen molar-refractivity contribution in [3.8, 4) is 0 Å². The quantitative estimate of drug-likeness (QED) is 0.712. The van der Waals surface area contributed by atoms with Gasteiger partial charge in [0.1, 0.15) is 6.54 Å². The van der Waals surface area contributed by atoms with Crippen molar-refractivity contribution in [2.24, 2.45) is 0 Å². The van der Waals surface area contributed by atoms with E-state index in [9.17, 15) is 9.59 Å². The van der Waals surface area contributed by atoms with Gasteiger partial charge >= 0.3 is 5.97 Å². The van der Waals surface area contributed by atoms with Crippen LogP contribution in [0.4, 0.5) is 0 Å². The highest BCUT2D eigenvalue weighted by atomic mass is 35.5. The number of benzene rings is 1. The molecule has 6 heteroatoms. The molecule has 5 nitrogen and oxygen atoms in total. The van der Waals surface area contributed by atoms with Crippen LogP contribution >= 0.6 is 11.6 Å². The fraction of sp³-hybridized carbons (Fsp3) is 0.467. The van der Waals surface area contributed by atoms with Crippen LogP contribution in [0.15, 0.2) is 24.3 Å². The molecule has 1 aromatic carbocycles. The summed E-state index contributed by atoms with van der Waals surface area (Å²) < 4.78 is 5.17. The molecule has 0 aliphatic rings. The summed E-state index contributed by atoms with van der Waals surface area (Å²) in [5.41, 5.74) is 0.846. The standard InChI is InChI=1S/C15H20ClNO4/c1-2-21-9-3-4-14(18)17(11-15(19)20)10-12-5-7-13(16)8-6-12/h5-8H,2-4,9-11H2,1H3,(H,19,20). The minimum Gasteiger partial charge on any atom is -0.480 e. The third-order valence-electron chi connectivity index (χ3n) is 2.85. The van der Waals surface area contributed by atoms with Gasteiger partial charge in [-0.15, -0.1) is 0 Å². The predicted octanol–water partition coefficient (Wildman–Crippen LogP) is 2.57. The summed E-state index contributed by atoms with van der Waals surface area (Å²) in [6.45, 7) is 2.95. The Labute approximate surface area is 129 Å². The summed E-state index contributed by atoms with van der Waals surface area (Å²) in [5.74, 6) is -1.21. The molecular weight excluding hydrogens is 294 g/mol. The lowest BCUT2D eigenvalue weighted by Crippen LogP contribution is -2.35. The zero-order valence-corrected chi connectivity index (χ0v) is 12.8. The van der Waals surface area contributed by atoms with Crippen molar-refractivity contribution in [3.05, 3.63) is 34.9 Å². The first-order valence-corrected chi connectivity index (χ1v) is 7.22. The summed E-state index contributed by atoms with van der Waals surface area (Å²) in [4.78, 5) is 24.3. The summed E-state index contributed by atoms with van der Waals surface area (Å²) in [6, 6.07) is 7.00. The third kappa shape index (κ3) is 7.11. The van der Waals surface area contributed by atoms with Crippen LogP contribution in [0, 0.1) is 0 Å². The number of rotatable bonds is 9. The smallest absolute Gasteiger partial charge is 0.323 e. The molecule has 116 valence electrons. The van der Waals surface area contributed by atoms with Gasteiger partial charge in [0, 0.05) is 31.2 Å². The van der Waals surface area contributed by atoms with Gasteiger partial charge in [-0.2, -0.15) is 0 Å². The molecule has 21 heavy (non-hydrogen) atoms. The first-order valence-electron chi connectivity index (χ1n) is 6.84. The molecule has 0 aliphatic carbocycles. The maximum Gasteiger partial charge on any atom is 0.323 e. The van der Waals surface area contributed by atoms with Gasteiger partial charge in [0.2, 0.25) is 5.91 Å². The van der Waals surface area contributed by atoms with E-state index in [0.29, 0.717) is 24.7 Å². The van der Waals surface area contributed by atoms with Crippen molar-refractivity contribution < 1.29 is 19.4 Å². The number of halogens is 1. The Bertz CT molecular complexity index is 461. The fourth-order valence-electron chi connectivity index (χ4n) is 1.83. The molecule has 0 aliphatic heterocycles. The van der Waals surface area contributed by atoms with Crippen LogP contribution in [0.25, 0.3) is 0 Å². The van der Waals surface area contributed by atoms with E-state index >= 15 is 0 Å². The third-order valence-corrected chi connectivity index (χ3v) is 3.10. The van der Waals surface area contributed by atoms with Crippen molar-refractivity contribution in [2.45, 2.75) is 26.3 Å². The van der Waals surface area contributed by atoms with E-state index in [-0.39, 0.29) is 25.4 Å². The van der Waals surface area contributed by atoms with Gasteiger partial charge in [-0.3, -0.25) is 9.59 Å². The molecule has 1 amide bonds. The maximum atomic E-state index is 12.1. The Hall–Kier alpha value is -1.59. The van der Waals surface area contributed by atoms with Gasteiger partial charge in [0.05, 0.1) is 0 Å². The van der Waals surface area contributed by atoms with Gasteiger partial charge < -0.3 is 14.7 Å². The van der Waals surface area contributed by atoms with Gasteiger partial charge in [-0.1, -0.05) is 23.7 Å². The van der Waals surface area contributed by atoms with E-state index in [0.717, 1.165) is 5.56 Å². The summed E-state index contributed by atoms with van der Waals surface area (Å²) in [7, 11) is 0. The number of amides is 1. The molecular formula is C15H20ClNO4. The molecule has 1 aromatic rings. The van der Waals surface area contributed by atoms with E-state index in [2.05, 4.69) is 0 Å². The first kappa shape index (κ1) is 17.5. The molecule has 0 radical (unpaired) electrons. The van der Waals surface area contributed by atoms with Crippen LogP contribution < -0.4 is 0 Å². The van der Waals surface area contributed by atoms with Gasteiger partial charge in [-0.25, -0.2) is 0 Å². The van der Waals surface area contributed by atoms with Crippen LogP contribution in [0.2, 0.25) is 5.02 Å². The molecule has 0 unspecified atom stereocenters. The lowest BCUT2D eigenvalue weighted by atomic mass is 10.2. The van der Waals surface area contributed by atoms with Crippen LogP contribution in [0.3, 0.4) is 0 Å². The minimum atomic E-state index is -1.03. The second kappa shape index (κ2) is 9.37. The normalized spacial score (nSPS) is 10.4. The zero-order chi connectivity index (χ0) is 15.7. The summed E-state index contributed by atoms with van der Waals surface area (Å²) in [6.07, 6.45) is 0.865. The Kier molecular flexibility index (Phi) is 7.79. The number of carboxylic acids is 1. The number of aliphatic carboxylic acids is 1. The highest BCUT2D eigenvalue weighted by Crippen LogP contribution is 2.12. The molecule has 0 fully saturated rings. The van der Waals surface area contributed by atoms with Crippen LogP contribution in [0.1, 0.15) is 25.3 Å². The fourth-order valence-corrected chi connectivity index (χ4v) is 1.96. The Morgan fingerprint density at radius 2 is 1.95 bits per heavy atom. The molecule has 0 spiro atoms. The molecule has 0 atom stereocenters. The highest BCUT2D eigenvalue weighted by Gasteiger charge is 2.16. The van der Waals surface area contributed by atoms with Crippen molar-refractivity contribution >= 4 is 23.5 Å². The van der Waals surface area contributed by atoms with Gasteiger partial charge in [0.25, 0.3) is 0 Å². The van der Waals surface area contributed by atoms with E-state index in [4.69, 9.17) is 21.4 Å². The van der Waals surface area contributed by atoms with Crippen molar-refractivity contribution in [3.63, 3.8) is 0 Å². The molecule has 0 bridgehead atoms. The minimum absolute atomic E-state index is 0.188. The number of nitrogens with zero attached hydrogens (tertiary/aromatic N) is 1. The van der Waals surface area contributed by atoms with Gasteiger partial charge in [-0.05, 0) is 31.0 Å². The average Bonchev–Trinajstić information content (AvgIpc) is 2.44. The Balaban J connectivity index is 2.59. The number of hydrogen-bond donors (Lipinski definition) is 1. The predicted molar refractivity (Wildman–Crippen MR) is 80.2 cm³/mol. The van der Waals surface area contributed by atoms with Crippen LogP contribution in [0.5, 0.6) is 0 Å². The molecule has 0 heterocycles. The maximum absolute atomic E-state index is 12.1. The summed E-state index contributed by atoms with van der Waals surface area (Å²) in [5, 5.41) is 9.53. The second-order valence-electron chi connectivity index (χ2n) is 4.57. The number of carbonyl (C=O) groups excluding carboxylic acids is 1. The molecule has 0 saturated heterocycles. The summed E-state index contributed by atoms with van der Waals surface area (Å²) >= 11 is 5.80. The number of ether oxygens (including phenoxy) is 1. The zero-order valence-electron chi connectivity index (χ0n) is 12.0. The lowest BCUT2D eigenvalue weighted by molar-refractivity contribution is -0.145. The van der Waals surface area contributed by atoms with Crippen molar-refractivity contribution in [1.29, 1.82) is 0 Å². The van der Waals surface area contributed by atoms with E-state index < -0.39 is 5.97 Å². The molecule has 1 rings (SSSR count). The largest absolute Gasteiger partial charge is 0.480 e. The van der Waals surface area contributed by atoms with Crippen molar-refractivity contribution in [2.75, 3.05) is 19.8 Å². The van der Waals surface area contributed by atoms with Crippen LogP contribution in [-0.2, 0) is 20.9 Å². The number of carboxylic acid groups (broad SMARTS) is 1. The topological polar surface area (TPSA) is 66.8 Å². The monoisotopic (exact) mass is 313 g/mol. The van der Waals surface area contributed by atoms with Gasteiger partial charge in [0.15, 0.2) is 0 Å². The highest BCUT2D eigenvalue weighted by molar-refractivity contribution is 6.30. The SMILES string of the molecule is CCOCCCC(=O)N(CC(=O)O)Cc1ccc(Cl)cc1. The average molecular weight is 314 g/mol. The van der Waals surface area contributed by atoms with E-state index in [1.54, 1.807) is 24.3 Å². The molecule has 0 saturated carbocycles. The Morgan fingerprint density at radius 1 is 1.29 bits per heavy atom. The first-order chi connectivity index (χ1) is 10.0. The second-order valence-corrected chi connectivity index (χ2v) is 5.01.